The lowest BCUT2D eigenvalue weighted by Crippen LogP contribution is -2.26. The summed E-state index contributed by atoms with van der Waals surface area (Å²) in [6.45, 7) is 8.16. The lowest BCUT2D eigenvalue weighted by Gasteiger charge is -2.35. The summed E-state index contributed by atoms with van der Waals surface area (Å²) in [5, 5.41) is 40.7. The van der Waals surface area contributed by atoms with E-state index < -0.39 is 10.8 Å². The second-order valence-electron chi connectivity index (χ2n) is 8.84. The zero-order valence-electron chi connectivity index (χ0n) is 17.0. The summed E-state index contributed by atoms with van der Waals surface area (Å²) in [5.74, 6) is 0.311. The van der Waals surface area contributed by atoms with Crippen LogP contribution in [0.4, 0.5) is 0 Å². The Kier molecular flexibility index (Phi) is 5.20. The van der Waals surface area contributed by atoms with Crippen molar-refractivity contribution in [2.45, 2.75) is 63.9 Å². The molecule has 1 aliphatic rings. The number of hydrogen-bond donors (Lipinski definition) is 4. The van der Waals surface area contributed by atoms with Gasteiger partial charge in [0.1, 0.15) is 17.2 Å². The van der Waals surface area contributed by atoms with Gasteiger partial charge in [-0.15, -0.1) is 0 Å². The maximum absolute atomic E-state index is 10.6. The van der Waals surface area contributed by atoms with Crippen molar-refractivity contribution in [1.29, 1.82) is 0 Å². The van der Waals surface area contributed by atoms with Crippen LogP contribution in [0.15, 0.2) is 48.0 Å². The van der Waals surface area contributed by atoms with Crippen molar-refractivity contribution in [2.75, 3.05) is 0 Å². The Labute approximate surface area is 166 Å². The third kappa shape index (κ3) is 3.61. The van der Waals surface area contributed by atoms with Gasteiger partial charge in [0.05, 0.1) is 6.10 Å². The minimum Gasteiger partial charge on any atom is -0.508 e. The zero-order chi connectivity index (χ0) is 20.7. The van der Waals surface area contributed by atoms with Crippen LogP contribution in [0.5, 0.6) is 17.2 Å². The predicted molar refractivity (Wildman–Crippen MR) is 111 cm³/mol. The highest BCUT2D eigenvalue weighted by Crippen LogP contribution is 2.46. The first-order valence-electron chi connectivity index (χ1n) is 9.77. The molecule has 0 saturated carbocycles. The number of rotatable bonds is 4. The summed E-state index contributed by atoms with van der Waals surface area (Å²) < 4.78 is 0. The third-order valence-corrected chi connectivity index (χ3v) is 6.24. The van der Waals surface area contributed by atoms with Crippen molar-refractivity contribution in [3.63, 3.8) is 0 Å². The number of aliphatic hydroxyl groups is 1. The van der Waals surface area contributed by atoms with E-state index in [9.17, 15) is 20.4 Å². The van der Waals surface area contributed by atoms with Gasteiger partial charge < -0.3 is 20.4 Å². The Morgan fingerprint density at radius 3 is 1.93 bits per heavy atom. The predicted octanol–water partition coefficient (Wildman–Crippen LogP) is 4.88. The SMILES string of the molecule is CC(C)(C1=CCC(O)CC1)c1cc(C(C)(C)c2ccc(O)cc2)c(O)cc1O. The van der Waals surface area contributed by atoms with Crippen LogP contribution in [-0.2, 0) is 10.8 Å². The topological polar surface area (TPSA) is 80.9 Å². The van der Waals surface area contributed by atoms with Crippen LogP contribution in [0.1, 0.15) is 63.6 Å². The molecule has 4 N–H and O–H groups in total. The molecule has 2 aromatic carbocycles. The molecular formula is C24H30O4. The molecule has 0 amide bonds. The second-order valence-corrected chi connectivity index (χ2v) is 8.84. The Balaban J connectivity index is 2.09. The lowest BCUT2D eigenvalue weighted by atomic mass is 9.70. The summed E-state index contributed by atoms with van der Waals surface area (Å²) in [5.41, 5.74) is 2.68. The van der Waals surface area contributed by atoms with Crippen LogP contribution < -0.4 is 0 Å². The highest BCUT2D eigenvalue weighted by atomic mass is 16.3. The summed E-state index contributed by atoms with van der Waals surface area (Å²) in [6.07, 6.45) is 3.91. The summed E-state index contributed by atoms with van der Waals surface area (Å²) in [4.78, 5) is 0. The molecule has 28 heavy (non-hydrogen) atoms. The first-order valence-corrected chi connectivity index (χ1v) is 9.77. The fraction of sp³-hybridized carbons (Fsp3) is 0.417. The standard InChI is InChI=1S/C24H30O4/c1-23(2,15-5-9-17(25)10-6-15)19-13-20(22(28)14-21(19)27)24(3,4)16-7-11-18(26)12-8-16/h5-7,9-10,13-14,18,25-28H,8,11-12H2,1-4H3. The molecule has 0 radical (unpaired) electrons. The fourth-order valence-corrected chi connectivity index (χ4v) is 4.17. The van der Waals surface area contributed by atoms with Gasteiger partial charge in [0.25, 0.3) is 0 Å². The molecule has 1 unspecified atom stereocenters. The molecule has 1 atom stereocenters. The largest absolute Gasteiger partial charge is 0.508 e. The van der Waals surface area contributed by atoms with E-state index in [-0.39, 0.29) is 23.4 Å². The molecule has 0 bridgehead atoms. The van der Waals surface area contributed by atoms with Gasteiger partial charge in [-0.25, -0.2) is 0 Å². The van der Waals surface area contributed by atoms with E-state index in [2.05, 4.69) is 19.9 Å². The highest BCUT2D eigenvalue weighted by molar-refractivity contribution is 5.55. The molecule has 0 aliphatic heterocycles. The van der Waals surface area contributed by atoms with Crippen molar-refractivity contribution < 1.29 is 20.4 Å². The molecule has 0 spiro atoms. The average molecular weight is 383 g/mol. The van der Waals surface area contributed by atoms with Gasteiger partial charge in [0, 0.05) is 28.0 Å². The van der Waals surface area contributed by atoms with E-state index in [0.717, 1.165) is 29.5 Å². The van der Waals surface area contributed by atoms with Gasteiger partial charge in [0.2, 0.25) is 0 Å². The molecule has 150 valence electrons. The molecule has 0 heterocycles. The summed E-state index contributed by atoms with van der Waals surface area (Å²) in [7, 11) is 0. The maximum Gasteiger partial charge on any atom is 0.123 e. The van der Waals surface area contributed by atoms with Crippen LogP contribution in [-0.4, -0.2) is 26.5 Å². The normalized spacial score (nSPS) is 18.0. The maximum atomic E-state index is 10.6. The fourth-order valence-electron chi connectivity index (χ4n) is 4.17. The van der Waals surface area contributed by atoms with Gasteiger partial charge in [-0.3, -0.25) is 0 Å². The van der Waals surface area contributed by atoms with Gasteiger partial charge in [-0.05, 0) is 43.0 Å². The van der Waals surface area contributed by atoms with Gasteiger partial charge in [-0.2, -0.15) is 0 Å². The quantitative estimate of drug-likeness (QED) is 0.568. The molecule has 4 heteroatoms. The van der Waals surface area contributed by atoms with E-state index in [1.165, 1.54) is 11.6 Å². The van der Waals surface area contributed by atoms with Crippen LogP contribution in [0, 0.1) is 0 Å². The van der Waals surface area contributed by atoms with Crippen molar-refractivity contribution in [1.82, 2.24) is 0 Å². The number of hydrogen-bond acceptors (Lipinski definition) is 4. The van der Waals surface area contributed by atoms with Crippen molar-refractivity contribution in [3.05, 3.63) is 64.7 Å². The van der Waals surface area contributed by atoms with Crippen LogP contribution >= 0.6 is 0 Å². The Morgan fingerprint density at radius 1 is 0.821 bits per heavy atom. The molecule has 4 nitrogen and oxygen atoms in total. The number of phenolic OH excluding ortho intramolecular Hbond substituents is 3. The third-order valence-electron chi connectivity index (χ3n) is 6.24. The van der Waals surface area contributed by atoms with Crippen LogP contribution in [0.3, 0.4) is 0 Å². The zero-order valence-corrected chi connectivity index (χ0v) is 17.0. The molecule has 0 saturated heterocycles. The minimum absolute atomic E-state index is 0.0446. The number of benzene rings is 2. The van der Waals surface area contributed by atoms with Crippen molar-refractivity contribution >= 4 is 0 Å². The van der Waals surface area contributed by atoms with E-state index >= 15 is 0 Å². The first-order chi connectivity index (χ1) is 13.0. The smallest absolute Gasteiger partial charge is 0.123 e. The summed E-state index contributed by atoms with van der Waals surface area (Å²) >= 11 is 0. The average Bonchev–Trinajstić information content (AvgIpc) is 2.62. The van der Waals surface area contributed by atoms with Gasteiger partial charge in [-0.1, -0.05) is 51.5 Å². The highest BCUT2D eigenvalue weighted by Gasteiger charge is 2.34. The van der Waals surface area contributed by atoms with Gasteiger partial charge >= 0.3 is 0 Å². The Bertz CT molecular complexity index is 892. The van der Waals surface area contributed by atoms with Crippen LogP contribution in [0.25, 0.3) is 0 Å². The second kappa shape index (κ2) is 7.17. The molecule has 2 aromatic rings. The van der Waals surface area contributed by atoms with E-state index in [4.69, 9.17) is 0 Å². The Morgan fingerprint density at radius 2 is 1.39 bits per heavy atom. The molecule has 0 aromatic heterocycles. The first kappa shape index (κ1) is 20.3. The number of phenols is 3. The minimum atomic E-state index is -0.520. The number of aromatic hydroxyl groups is 3. The lowest BCUT2D eigenvalue weighted by molar-refractivity contribution is 0.160. The van der Waals surface area contributed by atoms with E-state index in [1.54, 1.807) is 12.1 Å². The molecule has 1 aliphatic carbocycles. The molecule has 3 rings (SSSR count). The Hall–Kier alpha value is -2.46. The summed E-state index contributed by atoms with van der Waals surface area (Å²) in [6, 6.07) is 10.3. The van der Waals surface area contributed by atoms with E-state index in [1.807, 2.05) is 32.0 Å². The van der Waals surface area contributed by atoms with Gasteiger partial charge in [0.15, 0.2) is 0 Å². The number of aliphatic hydroxyl groups excluding tert-OH is 1. The number of allylic oxidation sites excluding steroid dienone is 1. The molecular weight excluding hydrogens is 352 g/mol. The monoisotopic (exact) mass is 382 g/mol. The van der Waals surface area contributed by atoms with Crippen molar-refractivity contribution in [3.8, 4) is 17.2 Å². The van der Waals surface area contributed by atoms with Crippen molar-refractivity contribution in [2.24, 2.45) is 0 Å². The molecule has 0 fully saturated rings. The van der Waals surface area contributed by atoms with Crippen LogP contribution in [0.2, 0.25) is 0 Å². The van der Waals surface area contributed by atoms with E-state index in [0.29, 0.717) is 6.42 Å².